The van der Waals surface area contributed by atoms with Gasteiger partial charge in [-0.15, -0.1) is 4.80 Å². The van der Waals surface area contributed by atoms with Gasteiger partial charge in [0.25, 0.3) is 5.56 Å². The Kier molecular flexibility index (Phi) is 9.43. The number of hydrogen-bond donors (Lipinski definition) is 2. The number of rotatable bonds is 7. The first-order chi connectivity index (χ1) is 20.0. The Morgan fingerprint density at radius 1 is 1.12 bits per heavy atom. The molecule has 0 amide bonds. The van der Waals surface area contributed by atoms with Crippen molar-refractivity contribution in [1.82, 2.24) is 24.1 Å². The fraction of sp³-hybridized carbons (Fsp3) is 0.467. The number of carboxylic acid groups (broad SMARTS) is 1. The topological polar surface area (TPSA) is 156 Å². The molecule has 3 aromatic heterocycles. The van der Waals surface area contributed by atoms with Crippen LogP contribution in [0.25, 0.3) is 15.2 Å². The molecular formula is C30H36N6O5S. The van der Waals surface area contributed by atoms with E-state index in [-0.39, 0.29) is 12.0 Å². The predicted molar refractivity (Wildman–Crippen MR) is 160 cm³/mol. The lowest BCUT2D eigenvalue weighted by molar-refractivity contribution is -0.146. The van der Waals surface area contributed by atoms with E-state index in [0.717, 1.165) is 42.2 Å². The van der Waals surface area contributed by atoms with Crippen LogP contribution in [0.5, 0.6) is 0 Å². The normalized spacial score (nSPS) is 17.0. The lowest BCUT2D eigenvalue weighted by atomic mass is 9.89. The molecule has 0 bridgehead atoms. The predicted octanol–water partition coefficient (Wildman–Crippen LogP) is 3.80. The summed E-state index contributed by atoms with van der Waals surface area (Å²) in [5, 5.41) is 36.5. The number of nitrogens with zero attached hydrogens (tertiary/aromatic N) is 6. The average Bonchev–Trinajstić information content (AvgIpc) is 3.62. The van der Waals surface area contributed by atoms with Gasteiger partial charge >= 0.3 is 11.7 Å². The number of hydrogen-bond acceptors (Lipinski definition) is 8. The maximum absolute atomic E-state index is 13.6. The molecule has 0 aliphatic heterocycles. The summed E-state index contributed by atoms with van der Waals surface area (Å²) in [4.78, 5) is 40.9. The number of carbonyl (C=O) groups is 1. The third kappa shape index (κ3) is 6.07. The van der Waals surface area contributed by atoms with Gasteiger partial charge in [-0.1, -0.05) is 42.5 Å². The van der Waals surface area contributed by atoms with Crippen LogP contribution in [0.15, 0.2) is 46.2 Å². The van der Waals surface area contributed by atoms with Gasteiger partial charge in [-0.05, 0) is 70.4 Å². The largest absolute Gasteiger partial charge is 0.480 e. The van der Waals surface area contributed by atoms with Crippen LogP contribution in [0.1, 0.15) is 63.1 Å². The van der Waals surface area contributed by atoms with Gasteiger partial charge in [-0.3, -0.25) is 9.36 Å². The molecule has 1 aromatic carbocycles. The van der Waals surface area contributed by atoms with Crippen LogP contribution < -0.4 is 11.2 Å². The molecule has 1 saturated carbocycles. The van der Waals surface area contributed by atoms with Crippen LogP contribution in [-0.2, 0) is 29.7 Å². The number of aliphatic carboxylic acids is 1. The number of thiophene rings is 1. The number of aliphatic hydroxyl groups excluding tert-OH is 1. The maximum atomic E-state index is 13.6. The summed E-state index contributed by atoms with van der Waals surface area (Å²) >= 11 is 1.25. The molecule has 42 heavy (non-hydrogen) atoms. The minimum absolute atomic E-state index is 0.130. The van der Waals surface area contributed by atoms with E-state index < -0.39 is 22.8 Å². The number of aryl methyl sites for hydroxylation is 4. The molecule has 1 aliphatic rings. The molecule has 12 heteroatoms. The quantitative estimate of drug-likeness (QED) is 0.328. The Labute approximate surface area is 247 Å². The third-order valence-corrected chi connectivity index (χ3v) is 9.13. The molecule has 4 aromatic rings. The Morgan fingerprint density at radius 2 is 1.74 bits per heavy atom. The minimum atomic E-state index is -1.72. The summed E-state index contributed by atoms with van der Waals surface area (Å²) in [6, 6.07) is 10.2. The van der Waals surface area contributed by atoms with Crippen molar-refractivity contribution in [2.24, 2.45) is 5.92 Å². The van der Waals surface area contributed by atoms with Gasteiger partial charge in [0.15, 0.2) is 0 Å². The van der Waals surface area contributed by atoms with Crippen LogP contribution in [0, 0.1) is 24.2 Å². The van der Waals surface area contributed by atoms with E-state index in [1.54, 1.807) is 6.92 Å². The molecular weight excluding hydrogens is 556 g/mol. The number of carboxylic acids is 1. The monoisotopic (exact) mass is 592 g/mol. The molecule has 2 N–H and O–H groups in total. The smallest absolute Gasteiger partial charge is 0.333 e. The van der Waals surface area contributed by atoms with Crippen molar-refractivity contribution in [3.05, 3.63) is 74.2 Å². The lowest BCUT2D eigenvalue weighted by Gasteiger charge is -2.23. The van der Waals surface area contributed by atoms with E-state index >= 15 is 0 Å². The minimum Gasteiger partial charge on any atom is -0.480 e. The summed E-state index contributed by atoms with van der Waals surface area (Å²) in [5.41, 5.74) is -0.0878. The lowest BCUT2D eigenvalue weighted by Crippen LogP contribution is -2.52. The zero-order valence-corrected chi connectivity index (χ0v) is 25.1. The van der Waals surface area contributed by atoms with Crippen molar-refractivity contribution in [3.8, 4) is 11.1 Å². The first-order valence-corrected chi connectivity index (χ1v) is 14.9. The Hall–Kier alpha value is -4.08. The van der Waals surface area contributed by atoms with Crippen molar-refractivity contribution in [2.45, 2.75) is 84.4 Å². The van der Waals surface area contributed by atoms with E-state index in [2.05, 4.69) is 29.3 Å². The van der Waals surface area contributed by atoms with E-state index in [9.17, 15) is 19.5 Å². The molecule has 1 fully saturated rings. The van der Waals surface area contributed by atoms with E-state index in [0.29, 0.717) is 33.7 Å². The highest BCUT2D eigenvalue weighted by Crippen LogP contribution is 2.31. The molecule has 0 unspecified atom stereocenters. The van der Waals surface area contributed by atoms with E-state index in [1.807, 2.05) is 18.2 Å². The van der Waals surface area contributed by atoms with Gasteiger partial charge in [0.2, 0.25) is 0 Å². The van der Waals surface area contributed by atoms with Crippen molar-refractivity contribution in [3.63, 3.8) is 0 Å². The first kappa shape index (κ1) is 30.9. The molecule has 3 heterocycles. The number of fused-ring (bicyclic) bond motifs is 1. The average molecular weight is 593 g/mol. The first-order valence-electron chi connectivity index (χ1n) is 14.0. The molecule has 0 atom stereocenters. The standard InChI is InChI=1S/C23H25N5O4S.C7H11NO/c1-5-15-8-6-7-9-16(15)10-13-26-20-17(14(2)19(33-20)28-24-11-12-25-28)18(29)27(22(26)32)23(3,4)21(30)31;8-5-6-1-3-7(9)4-2-6/h6-9,11-12H,5,10,13H2,1-4H3,(H,30,31);6-7,9H,1-4H2. The van der Waals surface area contributed by atoms with Crippen LogP contribution in [0.3, 0.4) is 0 Å². The number of aliphatic hydroxyl groups is 1. The summed E-state index contributed by atoms with van der Waals surface area (Å²) < 4.78 is 2.36. The number of nitriles is 1. The van der Waals surface area contributed by atoms with Crippen molar-refractivity contribution < 1.29 is 15.0 Å². The summed E-state index contributed by atoms with van der Waals surface area (Å²) in [7, 11) is 0. The highest BCUT2D eigenvalue weighted by molar-refractivity contribution is 7.21. The molecule has 0 saturated heterocycles. The third-order valence-electron chi connectivity index (χ3n) is 7.85. The molecule has 222 valence electrons. The van der Waals surface area contributed by atoms with Crippen LogP contribution in [-0.4, -0.2) is 46.4 Å². The van der Waals surface area contributed by atoms with E-state index in [1.165, 1.54) is 52.5 Å². The van der Waals surface area contributed by atoms with Crippen LogP contribution >= 0.6 is 11.3 Å². The fourth-order valence-electron chi connectivity index (χ4n) is 5.22. The SMILES string of the molecule is CCc1ccccc1CCn1c(=O)n(C(C)(C)C(=O)O)c(=O)c2c(C)c(-n3nccn3)sc21.N#CC1CCC(O)CC1. The Bertz CT molecular complexity index is 1720. The molecule has 0 spiro atoms. The highest BCUT2D eigenvalue weighted by Gasteiger charge is 2.35. The number of aromatic nitrogens is 5. The van der Waals surface area contributed by atoms with E-state index in [4.69, 9.17) is 10.4 Å². The van der Waals surface area contributed by atoms with Gasteiger partial charge in [0, 0.05) is 18.0 Å². The number of benzene rings is 1. The Morgan fingerprint density at radius 3 is 2.31 bits per heavy atom. The fourth-order valence-corrected chi connectivity index (χ4v) is 6.45. The summed E-state index contributed by atoms with van der Waals surface area (Å²) in [5.74, 6) is -1.04. The van der Waals surface area contributed by atoms with Gasteiger partial charge in [0.1, 0.15) is 15.4 Å². The van der Waals surface area contributed by atoms with Gasteiger partial charge in [-0.25, -0.2) is 14.2 Å². The second kappa shape index (κ2) is 12.8. The van der Waals surface area contributed by atoms with Gasteiger partial charge in [-0.2, -0.15) is 15.5 Å². The summed E-state index contributed by atoms with van der Waals surface area (Å²) in [6.45, 7) is 6.86. The molecule has 1 aliphatic carbocycles. The zero-order valence-electron chi connectivity index (χ0n) is 24.3. The zero-order chi connectivity index (χ0) is 30.6. The molecule has 11 nitrogen and oxygen atoms in total. The van der Waals surface area contributed by atoms with Crippen molar-refractivity contribution in [1.29, 1.82) is 5.26 Å². The molecule has 5 rings (SSSR count). The van der Waals surface area contributed by atoms with Crippen molar-refractivity contribution in [2.75, 3.05) is 0 Å². The molecule has 0 radical (unpaired) electrons. The Balaban J connectivity index is 0.000000385. The van der Waals surface area contributed by atoms with Crippen LogP contribution in [0.4, 0.5) is 0 Å². The second-order valence-corrected chi connectivity index (χ2v) is 12.0. The highest BCUT2D eigenvalue weighted by atomic mass is 32.1. The van der Waals surface area contributed by atoms with Crippen LogP contribution in [0.2, 0.25) is 0 Å². The maximum Gasteiger partial charge on any atom is 0.333 e. The second-order valence-electron chi connectivity index (χ2n) is 11.0. The summed E-state index contributed by atoms with van der Waals surface area (Å²) in [6.07, 6.45) is 7.77. The van der Waals surface area contributed by atoms with Gasteiger partial charge in [0.05, 0.1) is 30.0 Å². The van der Waals surface area contributed by atoms with Crippen molar-refractivity contribution >= 4 is 27.5 Å². The van der Waals surface area contributed by atoms with Gasteiger partial charge < -0.3 is 10.2 Å².